The van der Waals surface area contributed by atoms with E-state index in [2.05, 4.69) is 181 Å². The van der Waals surface area contributed by atoms with E-state index in [1.54, 1.807) is 0 Å². The van der Waals surface area contributed by atoms with E-state index < -0.39 is 5.66 Å². The molecule has 0 aromatic heterocycles. The van der Waals surface area contributed by atoms with Gasteiger partial charge in [-0.3, -0.25) is 0 Å². The second-order valence-electron chi connectivity index (χ2n) is 10.5. The molecule has 0 heterocycles. The number of rotatable bonds is 7. The predicted octanol–water partition coefficient (Wildman–Crippen LogP) is 10.0. The first-order chi connectivity index (χ1) is 19.6. The van der Waals surface area contributed by atoms with Crippen LogP contribution in [-0.4, -0.2) is 5.66 Å². The smallest absolute Gasteiger partial charge is 0.145 e. The number of hydrogen-bond donors (Lipinski definition) is 0. The molecule has 2 heteroatoms. The molecule has 0 fully saturated rings. The average molecular weight is 519 g/mol. The predicted molar refractivity (Wildman–Crippen MR) is 170 cm³/mol. The Kier molecular flexibility index (Phi) is 7.08. The molecule has 196 valence electrons. The summed E-state index contributed by atoms with van der Waals surface area (Å²) < 4.78 is 0. The van der Waals surface area contributed by atoms with Gasteiger partial charge in [-0.25, -0.2) is 0 Å². The van der Waals surface area contributed by atoms with Crippen molar-refractivity contribution in [2.75, 3.05) is 9.80 Å². The molecular weight excluding hydrogens is 484 g/mol. The molecule has 0 aliphatic heterocycles. The van der Waals surface area contributed by atoms with Crippen LogP contribution >= 0.6 is 0 Å². The van der Waals surface area contributed by atoms with E-state index in [9.17, 15) is 0 Å². The first kappa shape index (κ1) is 25.5. The van der Waals surface area contributed by atoms with Gasteiger partial charge in [-0.1, -0.05) is 114 Å². The normalized spacial score (nSPS) is 13.9. The number of hydrogen-bond acceptors (Lipinski definition) is 2. The minimum atomic E-state index is -0.564. The molecule has 1 aliphatic rings. The van der Waals surface area contributed by atoms with Crippen molar-refractivity contribution in [1.82, 2.24) is 0 Å². The van der Waals surface area contributed by atoms with Gasteiger partial charge < -0.3 is 9.80 Å². The second kappa shape index (κ2) is 11.1. The topological polar surface area (TPSA) is 6.48 Å². The minimum Gasteiger partial charge on any atom is -0.314 e. The van der Waals surface area contributed by atoms with E-state index in [-0.39, 0.29) is 0 Å². The molecule has 0 saturated carbocycles. The third-order valence-corrected chi connectivity index (χ3v) is 7.65. The molecule has 0 amide bonds. The van der Waals surface area contributed by atoms with Crippen LogP contribution in [0.4, 0.5) is 22.7 Å². The summed E-state index contributed by atoms with van der Waals surface area (Å²) in [5.41, 5.74) is 8.97. The molecule has 0 atom stereocenters. The number of benzene rings is 5. The molecule has 2 nitrogen and oxygen atoms in total. The Hall–Kier alpha value is -4.82. The van der Waals surface area contributed by atoms with Crippen LogP contribution in [0.5, 0.6) is 0 Å². The molecule has 6 rings (SSSR count). The third-order valence-electron chi connectivity index (χ3n) is 7.65. The van der Waals surface area contributed by atoms with E-state index in [0.717, 1.165) is 29.2 Å². The zero-order valence-corrected chi connectivity index (χ0v) is 23.1. The number of aryl methyl sites for hydroxylation is 2. The lowest BCUT2D eigenvalue weighted by atomic mass is 9.88. The molecule has 0 N–H and O–H groups in total. The summed E-state index contributed by atoms with van der Waals surface area (Å²) in [6.07, 6.45) is 7.87. The molecule has 0 radical (unpaired) electrons. The van der Waals surface area contributed by atoms with Crippen molar-refractivity contribution in [2.24, 2.45) is 0 Å². The van der Waals surface area contributed by atoms with Crippen LogP contribution in [0.25, 0.3) is 5.57 Å². The van der Waals surface area contributed by atoms with Gasteiger partial charge in [0.15, 0.2) is 0 Å². The van der Waals surface area contributed by atoms with Crippen molar-refractivity contribution in [3.8, 4) is 0 Å². The fourth-order valence-corrected chi connectivity index (χ4v) is 5.63. The van der Waals surface area contributed by atoms with Gasteiger partial charge in [0, 0.05) is 29.2 Å². The first-order valence-electron chi connectivity index (χ1n) is 13.9. The Morgan fingerprint density at radius 1 is 0.475 bits per heavy atom. The Labute approximate surface area is 238 Å². The van der Waals surface area contributed by atoms with Gasteiger partial charge in [0.2, 0.25) is 0 Å². The molecule has 0 unspecified atom stereocenters. The van der Waals surface area contributed by atoms with Crippen LogP contribution in [0, 0.1) is 13.8 Å². The van der Waals surface area contributed by atoms with Crippen LogP contribution < -0.4 is 9.80 Å². The van der Waals surface area contributed by atoms with Crippen molar-refractivity contribution in [3.63, 3.8) is 0 Å². The van der Waals surface area contributed by atoms with Crippen LogP contribution in [0.3, 0.4) is 0 Å². The van der Waals surface area contributed by atoms with Crippen molar-refractivity contribution >= 4 is 28.3 Å². The summed E-state index contributed by atoms with van der Waals surface area (Å²) in [6, 6.07) is 50.0. The maximum Gasteiger partial charge on any atom is 0.145 e. The molecular formula is C38H34N2. The highest BCUT2D eigenvalue weighted by atomic mass is 15.4. The zero-order valence-electron chi connectivity index (χ0n) is 23.1. The maximum absolute atomic E-state index is 2.49. The summed E-state index contributed by atoms with van der Waals surface area (Å²) in [7, 11) is 0. The fourth-order valence-electron chi connectivity index (χ4n) is 5.63. The van der Waals surface area contributed by atoms with Gasteiger partial charge in [0.05, 0.1) is 0 Å². The van der Waals surface area contributed by atoms with Gasteiger partial charge in [0.1, 0.15) is 5.66 Å². The highest BCUT2D eigenvalue weighted by Crippen LogP contribution is 2.47. The van der Waals surface area contributed by atoms with Gasteiger partial charge in [-0.2, -0.15) is 0 Å². The standard InChI is InChI=1S/C38H34N2/c1-30-18-22-36(23-19-30)39(34-14-8-4-9-15-34)38(28-26-33(27-29-38)32-12-6-3-7-13-32)40(35-16-10-5-11-17-35)37-24-20-31(2)21-25-37/h3-28H,29H2,1-2H3. The molecule has 5 aromatic rings. The fraction of sp³-hybridized carbons (Fsp3) is 0.105. The van der Waals surface area contributed by atoms with Crippen molar-refractivity contribution < 1.29 is 0 Å². The molecule has 5 aromatic carbocycles. The van der Waals surface area contributed by atoms with Crippen LogP contribution in [0.2, 0.25) is 0 Å². The van der Waals surface area contributed by atoms with E-state index in [0.29, 0.717) is 0 Å². The maximum atomic E-state index is 2.49. The van der Waals surface area contributed by atoms with E-state index in [1.807, 2.05) is 0 Å². The second-order valence-corrected chi connectivity index (χ2v) is 10.5. The monoisotopic (exact) mass is 518 g/mol. The molecule has 0 bridgehead atoms. The number of anilines is 4. The van der Waals surface area contributed by atoms with E-state index >= 15 is 0 Å². The van der Waals surface area contributed by atoms with Crippen molar-refractivity contribution in [2.45, 2.75) is 25.9 Å². The largest absolute Gasteiger partial charge is 0.314 e. The van der Waals surface area contributed by atoms with E-state index in [4.69, 9.17) is 0 Å². The molecule has 1 aliphatic carbocycles. The Balaban J connectivity index is 1.62. The van der Waals surface area contributed by atoms with Gasteiger partial charge in [-0.05, 0) is 79.6 Å². The van der Waals surface area contributed by atoms with Crippen LogP contribution in [0.15, 0.2) is 158 Å². The van der Waals surface area contributed by atoms with Crippen molar-refractivity contribution in [3.05, 3.63) is 174 Å². The van der Waals surface area contributed by atoms with E-state index in [1.165, 1.54) is 22.3 Å². The van der Waals surface area contributed by atoms with Gasteiger partial charge >= 0.3 is 0 Å². The van der Waals surface area contributed by atoms with Crippen molar-refractivity contribution in [1.29, 1.82) is 0 Å². The lowest BCUT2D eigenvalue weighted by Gasteiger charge is -2.52. The molecule has 0 spiro atoms. The average Bonchev–Trinajstić information content (AvgIpc) is 3.01. The summed E-state index contributed by atoms with van der Waals surface area (Å²) in [5.74, 6) is 0. The summed E-state index contributed by atoms with van der Waals surface area (Å²) in [4.78, 5) is 4.99. The number of allylic oxidation sites excluding steroid dienone is 2. The SMILES string of the molecule is Cc1ccc(N(c2ccccc2)C2(N(c3ccccc3)c3ccc(C)cc3)C=CC(c3ccccc3)=CC2)cc1. The van der Waals surface area contributed by atoms with Gasteiger partial charge in [-0.15, -0.1) is 0 Å². The highest BCUT2D eigenvalue weighted by Gasteiger charge is 2.43. The zero-order chi connectivity index (χ0) is 27.4. The quantitative estimate of drug-likeness (QED) is 0.198. The van der Waals surface area contributed by atoms with Crippen LogP contribution in [-0.2, 0) is 0 Å². The summed E-state index contributed by atoms with van der Waals surface area (Å²) in [5, 5.41) is 0. The Morgan fingerprint density at radius 2 is 0.875 bits per heavy atom. The van der Waals surface area contributed by atoms with Gasteiger partial charge in [0.25, 0.3) is 0 Å². The molecule has 0 saturated heterocycles. The summed E-state index contributed by atoms with van der Waals surface area (Å²) in [6.45, 7) is 4.29. The lowest BCUT2D eigenvalue weighted by Crippen LogP contribution is -2.57. The Morgan fingerprint density at radius 3 is 1.27 bits per heavy atom. The lowest BCUT2D eigenvalue weighted by molar-refractivity contribution is 0.526. The minimum absolute atomic E-state index is 0.564. The Bertz CT molecular complexity index is 1510. The number of nitrogens with zero attached hydrogens (tertiary/aromatic N) is 2. The third kappa shape index (κ3) is 4.97. The summed E-state index contributed by atoms with van der Waals surface area (Å²) >= 11 is 0. The first-order valence-corrected chi connectivity index (χ1v) is 13.9. The van der Waals surface area contributed by atoms with Crippen LogP contribution in [0.1, 0.15) is 23.1 Å². The number of para-hydroxylation sites is 2. The molecule has 40 heavy (non-hydrogen) atoms. The highest BCUT2D eigenvalue weighted by molar-refractivity contribution is 5.81.